The zero-order chi connectivity index (χ0) is 11.4. The fourth-order valence-corrected chi connectivity index (χ4v) is 1.61. The van der Waals surface area contributed by atoms with E-state index >= 15 is 0 Å². The maximum atomic E-state index is 11.3. The van der Waals surface area contributed by atoms with Gasteiger partial charge in [-0.3, -0.25) is 14.5 Å². The Morgan fingerprint density at radius 2 is 1.87 bits per heavy atom. The Morgan fingerprint density at radius 3 is 2.27 bits per heavy atom. The number of carbonyl (C=O) groups excluding carboxylic acids is 1. The summed E-state index contributed by atoms with van der Waals surface area (Å²) in [5.74, 6) is -0.906. The van der Waals surface area contributed by atoms with E-state index in [1.54, 1.807) is 11.8 Å². The fourth-order valence-electron chi connectivity index (χ4n) is 1.61. The maximum Gasteiger partial charge on any atom is 0.320 e. The molecule has 1 N–H and O–H groups in total. The van der Waals surface area contributed by atoms with Crippen LogP contribution in [0.5, 0.6) is 0 Å². The molecule has 84 valence electrons. The third-order valence-corrected chi connectivity index (χ3v) is 2.71. The second kappa shape index (κ2) is 4.93. The van der Waals surface area contributed by atoms with Gasteiger partial charge in [0.05, 0.1) is 0 Å². The molecule has 0 aliphatic carbocycles. The lowest BCUT2D eigenvalue weighted by Gasteiger charge is -2.36. The smallest absolute Gasteiger partial charge is 0.320 e. The molecule has 0 aromatic rings. The highest BCUT2D eigenvalue weighted by atomic mass is 16.4. The van der Waals surface area contributed by atoms with E-state index in [0.29, 0.717) is 26.2 Å². The number of carboxylic acids is 1. The van der Waals surface area contributed by atoms with Crippen LogP contribution in [0, 0.1) is 0 Å². The molecule has 1 unspecified atom stereocenters. The summed E-state index contributed by atoms with van der Waals surface area (Å²) in [6.45, 7) is 7.43. The summed E-state index contributed by atoms with van der Waals surface area (Å²) in [7, 11) is 0. The van der Waals surface area contributed by atoms with Crippen LogP contribution in [-0.2, 0) is 9.59 Å². The van der Waals surface area contributed by atoms with E-state index in [9.17, 15) is 9.59 Å². The molecular weight excluding hydrogens is 196 g/mol. The molecule has 1 aliphatic rings. The van der Waals surface area contributed by atoms with E-state index in [2.05, 4.69) is 6.58 Å². The summed E-state index contributed by atoms with van der Waals surface area (Å²) in [6, 6.07) is -0.481. The van der Waals surface area contributed by atoms with E-state index in [-0.39, 0.29) is 5.91 Å². The van der Waals surface area contributed by atoms with Gasteiger partial charge in [0.25, 0.3) is 0 Å². The van der Waals surface area contributed by atoms with Crippen LogP contribution >= 0.6 is 0 Å². The van der Waals surface area contributed by atoms with Crippen molar-refractivity contribution in [1.82, 2.24) is 9.80 Å². The van der Waals surface area contributed by atoms with Crippen molar-refractivity contribution in [2.75, 3.05) is 26.2 Å². The topological polar surface area (TPSA) is 60.9 Å². The molecule has 0 aromatic heterocycles. The lowest BCUT2D eigenvalue weighted by molar-refractivity contribution is -0.143. The highest BCUT2D eigenvalue weighted by Crippen LogP contribution is 2.06. The number of hydrogen-bond acceptors (Lipinski definition) is 3. The SMILES string of the molecule is C=CC(=O)N1CCN(C(C)C(=O)O)CC1. The highest BCUT2D eigenvalue weighted by molar-refractivity contribution is 5.87. The number of hydrogen-bond donors (Lipinski definition) is 1. The van der Waals surface area contributed by atoms with Crippen molar-refractivity contribution in [1.29, 1.82) is 0 Å². The number of carbonyl (C=O) groups is 2. The molecule has 0 aromatic carbocycles. The Morgan fingerprint density at radius 1 is 1.33 bits per heavy atom. The Labute approximate surface area is 89.0 Å². The first-order valence-electron chi connectivity index (χ1n) is 4.94. The van der Waals surface area contributed by atoms with Crippen molar-refractivity contribution < 1.29 is 14.7 Å². The van der Waals surface area contributed by atoms with Crippen molar-refractivity contribution in [2.24, 2.45) is 0 Å². The number of nitrogens with zero attached hydrogens (tertiary/aromatic N) is 2. The number of amides is 1. The Kier molecular flexibility index (Phi) is 3.85. The molecule has 1 saturated heterocycles. The summed E-state index contributed by atoms with van der Waals surface area (Å²) in [5, 5.41) is 8.82. The minimum atomic E-state index is -0.821. The highest BCUT2D eigenvalue weighted by Gasteiger charge is 2.26. The number of piperazine rings is 1. The van der Waals surface area contributed by atoms with Gasteiger partial charge in [0.2, 0.25) is 5.91 Å². The summed E-state index contributed by atoms with van der Waals surface area (Å²) in [6.07, 6.45) is 1.29. The van der Waals surface area contributed by atoms with Crippen LogP contribution in [0.2, 0.25) is 0 Å². The van der Waals surface area contributed by atoms with Crippen LogP contribution in [0.1, 0.15) is 6.92 Å². The van der Waals surface area contributed by atoms with Gasteiger partial charge in [-0.1, -0.05) is 6.58 Å². The summed E-state index contributed by atoms with van der Waals surface area (Å²) < 4.78 is 0. The van der Waals surface area contributed by atoms with Crippen LogP contribution in [0.25, 0.3) is 0 Å². The van der Waals surface area contributed by atoms with Crippen molar-refractivity contribution in [2.45, 2.75) is 13.0 Å². The van der Waals surface area contributed by atoms with Gasteiger partial charge in [-0.15, -0.1) is 0 Å². The van der Waals surface area contributed by atoms with Crippen molar-refractivity contribution in [3.8, 4) is 0 Å². The molecule has 0 radical (unpaired) electrons. The number of aliphatic carboxylic acids is 1. The van der Waals surface area contributed by atoms with E-state index in [1.807, 2.05) is 4.90 Å². The molecule has 5 heteroatoms. The average Bonchev–Trinajstić information content (AvgIpc) is 2.27. The first-order valence-corrected chi connectivity index (χ1v) is 4.94. The van der Waals surface area contributed by atoms with Gasteiger partial charge in [-0.05, 0) is 13.0 Å². The van der Waals surface area contributed by atoms with Gasteiger partial charge in [-0.25, -0.2) is 0 Å². The van der Waals surface area contributed by atoms with Crippen LogP contribution in [0.4, 0.5) is 0 Å². The minimum Gasteiger partial charge on any atom is -0.480 e. The lowest BCUT2D eigenvalue weighted by atomic mass is 10.2. The lowest BCUT2D eigenvalue weighted by Crippen LogP contribution is -2.52. The second-order valence-electron chi connectivity index (χ2n) is 3.58. The normalized spacial score (nSPS) is 19.7. The molecule has 1 atom stereocenters. The Hall–Kier alpha value is -1.36. The quantitative estimate of drug-likeness (QED) is 0.658. The van der Waals surface area contributed by atoms with Gasteiger partial charge in [0.15, 0.2) is 0 Å². The largest absolute Gasteiger partial charge is 0.480 e. The molecule has 0 spiro atoms. The van der Waals surface area contributed by atoms with Crippen LogP contribution in [0.3, 0.4) is 0 Å². The van der Waals surface area contributed by atoms with Crippen molar-refractivity contribution in [3.05, 3.63) is 12.7 Å². The summed E-state index contributed by atoms with van der Waals surface area (Å²) in [4.78, 5) is 25.5. The third-order valence-electron chi connectivity index (χ3n) is 2.71. The van der Waals surface area contributed by atoms with E-state index in [1.165, 1.54) is 6.08 Å². The molecule has 0 saturated carbocycles. The predicted octanol–water partition coefficient (Wildman–Crippen LogP) is -0.210. The van der Waals surface area contributed by atoms with Crippen LogP contribution in [-0.4, -0.2) is 59.0 Å². The second-order valence-corrected chi connectivity index (χ2v) is 3.58. The molecule has 1 rings (SSSR count). The van der Waals surface area contributed by atoms with Gasteiger partial charge in [0.1, 0.15) is 6.04 Å². The Bertz CT molecular complexity index is 270. The van der Waals surface area contributed by atoms with Crippen molar-refractivity contribution in [3.63, 3.8) is 0 Å². The molecule has 15 heavy (non-hydrogen) atoms. The summed E-state index contributed by atoms with van der Waals surface area (Å²) in [5.41, 5.74) is 0. The fraction of sp³-hybridized carbons (Fsp3) is 0.600. The molecule has 1 aliphatic heterocycles. The van der Waals surface area contributed by atoms with Crippen LogP contribution in [0.15, 0.2) is 12.7 Å². The van der Waals surface area contributed by atoms with Gasteiger partial charge in [0, 0.05) is 26.2 Å². The van der Waals surface area contributed by atoms with E-state index < -0.39 is 12.0 Å². The molecule has 5 nitrogen and oxygen atoms in total. The standard InChI is InChI=1S/C10H16N2O3/c1-3-9(13)12-6-4-11(5-7-12)8(2)10(14)15/h3,8H,1,4-7H2,2H3,(H,14,15). The molecular formula is C10H16N2O3. The van der Waals surface area contributed by atoms with Gasteiger partial charge < -0.3 is 10.0 Å². The monoisotopic (exact) mass is 212 g/mol. The predicted molar refractivity (Wildman–Crippen MR) is 55.4 cm³/mol. The molecule has 0 bridgehead atoms. The zero-order valence-corrected chi connectivity index (χ0v) is 8.85. The summed E-state index contributed by atoms with van der Waals surface area (Å²) >= 11 is 0. The number of carboxylic acid groups (broad SMARTS) is 1. The van der Waals surface area contributed by atoms with Gasteiger partial charge in [-0.2, -0.15) is 0 Å². The van der Waals surface area contributed by atoms with E-state index in [4.69, 9.17) is 5.11 Å². The van der Waals surface area contributed by atoms with Crippen LogP contribution < -0.4 is 0 Å². The van der Waals surface area contributed by atoms with E-state index in [0.717, 1.165) is 0 Å². The minimum absolute atomic E-state index is 0.0855. The molecule has 1 amide bonds. The third kappa shape index (κ3) is 2.79. The number of rotatable bonds is 3. The first-order chi connectivity index (χ1) is 7.06. The van der Waals surface area contributed by atoms with Gasteiger partial charge >= 0.3 is 5.97 Å². The zero-order valence-electron chi connectivity index (χ0n) is 8.85. The van der Waals surface area contributed by atoms with Crippen molar-refractivity contribution >= 4 is 11.9 Å². The first kappa shape index (κ1) is 11.7. The molecule has 1 heterocycles. The molecule has 1 fully saturated rings. The average molecular weight is 212 g/mol. The maximum absolute atomic E-state index is 11.3. The Balaban J connectivity index is 2.45.